The molecule has 0 fully saturated rings. The molecular weight excluding hydrogens is 208 g/mol. The van der Waals surface area contributed by atoms with E-state index in [0.29, 0.717) is 6.61 Å². The number of hydrogen-bond acceptors (Lipinski definition) is 1. The summed E-state index contributed by atoms with van der Waals surface area (Å²) in [7, 11) is 0. The fourth-order valence-corrected chi connectivity index (χ4v) is 1.81. The Morgan fingerprint density at radius 1 is 1.18 bits per heavy atom. The molecule has 0 saturated heterocycles. The highest BCUT2D eigenvalue weighted by Crippen LogP contribution is 2.29. The van der Waals surface area contributed by atoms with E-state index in [9.17, 15) is 0 Å². The second-order valence-corrected chi connectivity index (χ2v) is 4.89. The molecule has 0 spiro atoms. The maximum atomic E-state index is 5.75. The first-order chi connectivity index (χ1) is 8.08. The first-order valence-corrected chi connectivity index (χ1v) is 5.86. The van der Waals surface area contributed by atoms with Gasteiger partial charge in [-0.05, 0) is 11.6 Å². The maximum absolute atomic E-state index is 5.75. The molecule has 0 N–H and O–H groups in total. The molecule has 2 rings (SSSR count). The molecule has 17 heavy (non-hydrogen) atoms. The summed E-state index contributed by atoms with van der Waals surface area (Å²) in [5.41, 5.74) is 2.09. The molecule has 1 heteroatoms. The van der Waals surface area contributed by atoms with Gasteiger partial charge in [0.05, 0.1) is 0 Å². The van der Waals surface area contributed by atoms with E-state index < -0.39 is 0 Å². The summed E-state index contributed by atoms with van der Waals surface area (Å²) in [6, 6.07) is 8.01. The van der Waals surface area contributed by atoms with Gasteiger partial charge in [-0.2, -0.15) is 0 Å². The van der Waals surface area contributed by atoms with E-state index >= 15 is 0 Å². The normalized spacial score (nSPS) is 22.1. The third-order valence-electron chi connectivity index (χ3n) is 2.83. The summed E-state index contributed by atoms with van der Waals surface area (Å²) < 4.78 is 5.75. The Morgan fingerprint density at radius 3 is 2.76 bits per heavy atom. The summed E-state index contributed by atoms with van der Waals surface area (Å²) in [4.78, 5) is 0. The van der Waals surface area contributed by atoms with Crippen LogP contribution in [0.5, 0.6) is 5.75 Å². The van der Waals surface area contributed by atoms with Crippen LogP contribution in [0, 0.1) is 5.41 Å². The fourth-order valence-electron chi connectivity index (χ4n) is 1.81. The average Bonchev–Trinajstić information content (AvgIpc) is 2.32. The lowest BCUT2D eigenvalue weighted by Crippen LogP contribution is -2.05. The van der Waals surface area contributed by atoms with Crippen molar-refractivity contribution in [2.45, 2.75) is 13.8 Å². The van der Waals surface area contributed by atoms with Gasteiger partial charge < -0.3 is 4.74 Å². The molecule has 0 unspecified atom stereocenters. The molecule has 0 saturated carbocycles. The van der Waals surface area contributed by atoms with Crippen molar-refractivity contribution in [3.8, 4) is 5.75 Å². The van der Waals surface area contributed by atoms with E-state index in [-0.39, 0.29) is 5.41 Å². The quantitative estimate of drug-likeness (QED) is 0.601. The van der Waals surface area contributed by atoms with Crippen LogP contribution in [0.2, 0.25) is 0 Å². The Bertz CT molecular complexity index is 478. The predicted molar refractivity (Wildman–Crippen MR) is 73.0 cm³/mol. The number of para-hydroxylation sites is 1. The zero-order valence-electron chi connectivity index (χ0n) is 10.4. The summed E-state index contributed by atoms with van der Waals surface area (Å²) in [6.07, 6.45) is 8.46. The summed E-state index contributed by atoms with van der Waals surface area (Å²) in [5.74, 6) is 0.895. The molecule has 0 bridgehead atoms. The standard InChI is InChI=1S/C16H18O/c1-13-9-11-16(2,3)10-6-12-17-15-8-5-4-7-14(13)15/h4-11H,1,12H2,2-3H3/b10-6-,11-9-. The lowest BCUT2D eigenvalue weighted by atomic mass is 9.90. The van der Waals surface area contributed by atoms with E-state index in [1.807, 2.05) is 24.3 Å². The van der Waals surface area contributed by atoms with E-state index in [4.69, 9.17) is 4.74 Å². The Labute approximate surface area is 103 Å². The van der Waals surface area contributed by atoms with E-state index in [1.54, 1.807) is 0 Å². The Hall–Kier alpha value is -1.76. The van der Waals surface area contributed by atoms with E-state index in [2.05, 4.69) is 44.7 Å². The van der Waals surface area contributed by atoms with Gasteiger partial charge >= 0.3 is 0 Å². The molecule has 0 atom stereocenters. The summed E-state index contributed by atoms with van der Waals surface area (Å²) in [6.45, 7) is 9.04. The molecule has 1 aromatic carbocycles. The first kappa shape index (κ1) is 11.7. The van der Waals surface area contributed by atoms with Crippen molar-refractivity contribution in [2.75, 3.05) is 6.61 Å². The highest BCUT2D eigenvalue weighted by Gasteiger charge is 2.11. The zero-order valence-corrected chi connectivity index (χ0v) is 10.4. The van der Waals surface area contributed by atoms with E-state index in [0.717, 1.165) is 16.9 Å². The van der Waals surface area contributed by atoms with Crippen molar-refractivity contribution in [1.29, 1.82) is 0 Å². The van der Waals surface area contributed by atoms with Gasteiger partial charge in [-0.15, -0.1) is 0 Å². The van der Waals surface area contributed by atoms with Gasteiger partial charge in [0.15, 0.2) is 0 Å². The van der Waals surface area contributed by atoms with Gasteiger partial charge in [0.25, 0.3) is 0 Å². The molecule has 1 heterocycles. The SMILES string of the molecule is C=C1/C=C\C(C)(C)/C=C\COc2ccccc21. The van der Waals surface area contributed by atoms with Crippen LogP contribution in [-0.2, 0) is 0 Å². The highest BCUT2D eigenvalue weighted by atomic mass is 16.5. The van der Waals surface area contributed by atoms with Crippen LogP contribution < -0.4 is 4.74 Å². The minimum atomic E-state index is 0.0403. The molecule has 1 aliphatic heterocycles. The molecule has 1 nitrogen and oxygen atoms in total. The van der Waals surface area contributed by atoms with Crippen LogP contribution >= 0.6 is 0 Å². The molecule has 88 valence electrons. The smallest absolute Gasteiger partial charge is 0.127 e. The third-order valence-corrected chi connectivity index (χ3v) is 2.83. The second kappa shape index (κ2) is 4.62. The molecular formula is C16H18O. The topological polar surface area (TPSA) is 9.23 Å². The Morgan fingerprint density at radius 2 is 1.94 bits per heavy atom. The summed E-state index contributed by atoms with van der Waals surface area (Å²) >= 11 is 0. The van der Waals surface area contributed by atoms with Crippen molar-refractivity contribution in [3.63, 3.8) is 0 Å². The van der Waals surface area contributed by atoms with Gasteiger partial charge in [-0.3, -0.25) is 0 Å². The number of benzene rings is 1. The Kier molecular flexibility index (Phi) is 3.19. The number of fused-ring (bicyclic) bond motifs is 1. The number of ether oxygens (including phenoxy) is 1. The predicted octanol–water partition coefficient (Wildman–Crippen LogP) is 4.23. The van der Waals surface area contributed by atoms with Crippen molar-refractivity contribution in [2.24, 2.45) is 5.41 Å². The van der Waals surface area contributed by atoms with Crippen molar-refractivity contribution >= 4 is 5.57 Å². The minimum absolute atomic E-state index is 0.0403. The van der Waals surface area contributed by atoms with Crippen LogP contribution in [0.1, 0.15) is 19.4 Å². The van der Waals surface area contributed by atoms with E-state index in [1.165, 1.54) is 0 Å². The molecule has 0 radical (unpaired) electrons. The number of rotatable bonds is 0. The summed E-state index contributed by atoms with van der Waals surface area (Å²) in [5, 5.41) is 0. The van der Waals surface area contributed by atoms with Crippen LogP contribution in [0.4, 0.5) is 0 Å². The molecule has 1 aliphatic rings. The third kappa shape index (κ3) is 2.88. The van der Waals surface area contributed by atoms with Crippen LogP contribution in [0.25, 0.3) is 5.57 Å². The highest BCUT2D eigenvalue weighted by molar-refractivity contribution is 5.76. The van der Waals surface area contributed by atoms with Crippen molar-refractivity contribution < 1.29 is 4.74 Å². The van der Waals surface area contributed by atoms with Crippen LogP contribution in [-0.4, -0.2) is 6.61 Å². The number of hydrogen-bond donors (Lipinski definition) is 0. The maximum Gasteiger partial charge on any atom is 0.127 e. The molecule has 1 aromatic rings. The van der Waals surface area contributed by atoms with Gasteiger partial charge in [0.2, 0.25) is 0 Å². The second-order valence-electron chi connectivity index (χ2n) is 4.89. The van der Waals surface area contributed by atoms with Gasteiger partial charge in [0, 0.05) is 11.0 Å². The molecule has 0 aromatic heterocycles. The fraction of sp³-hybridized carbons (Fsp3) is 0.250. The number of allylic oxidation sites excluding steroid dienone is 4. The van der Waals surface area contributed by atoms with Gasteiger partial charge in [-0.25, -0.2) is 0 Å². The molecule has 0 amide bonds. The van der Waals surface area contributed by atoms with Gasteiger partial charge in [-0.1, -0.05) is 62.9 Å². The first-order valence-electron chi connectivity index (χ1n) is 5.86. The van der Waals surface area contributed by atoms with Crippen LogP contribution in [0.15, 0.2) is 55.1 Å². The molecule has 0 aliphatic carbocycles. The van der Waals surface area contributed by atoms with Crippen molar-refractivity contribution in [1.82, 2.24) is 0 Å². The average molecular weight is 226 g/mol. The monoisotopic (exact) mass is 226 g/mol. The van der Waals surface area contributed by atoms with Crippen LogP contribution in [0.3, 0.4) is 0 Å². The lowest BCUT2D eigenvalue weighted by molar-refractivity contribution is 0.360. The largest absolute Gasteiger partial charge is 0.489 e. The van der Waals surface area contributed by atoms with Crippen molar-refractivity contribution in [3.05, 3.63) is 60.7 Å². The minimum Gasteiger partial charge on any atom is -0.489 e. The lowest BCUT2D eigenvalue weighted by Gasteiger charge is -2.17. The van der Waals surface area contributed by atoms with Gasteiger partial charge in [0.1, 0.15) is 12.4 Å². The Balaban J connectivity index is 2.42. The zero-order chi connectivity index (χ0) is 12.3.